The van der Waals surface area contributed by atoms with Gasteiger partial charge in [0.15, 0.2) is 0 Å². The van der Waals surface area contributed by atoms with Crippen molar-refractivity contribution in [3.63, 3.8) is 0 Å². The van der Waals surface area contributed by atoms with Gasteiger partial charge >= 0.3 is 0 Å². The van der Waals surface area contributed by atoms with Crippen molar-refractivity contribution in [3.05, 3.63) is 64.2 Å². The van der Waals surface area contributed by atoms with Crippen LogP contribution in [0.3, 0.4) is 0 Å². The first-order valence-corrected chi connectivity index (χ1v) is 8.34. The minimum atomic E-state index is -0.337. The van der Waals surface area contributed by atoms with Crippen molar-refractivity contribution in [1.29, 1.82) is 0 Å². The maximum atomic E-state index is 13.7. The molecule has 0 saturated heterocycles. The summed E-state index contributed by atoms with van der Waals surface area (Å²) in [4.78, 5) is 9.59. The van der Waals surface area contributed by atoms with E-state index in [0.717, 1.165) is 33.3 Å². The van der Waals surface area contributed by atoms with Gasteiger partial charge in [0.25, 0.3) is 0 Å². The van der Waals surface area contributed by atoms with E-state index in [2.05, 4.69) is 17.1 Å². The molecule has 4 nitrogen and oxygen atoms in total. The molecule has 0 fully saturated rings. The molecule has 0 aliphatic carbocycles. The molecular weight excluding hydrogens is 315 g/mol. The average molecular weight is 334 g/mol. The second kappa shape index (κ2) is 5.41. The van der Waals surface area contributed by atoms with Crippen molar-refractivity contribution in [3.8, 4) is 0 Å². The maximum Gasteiger partial charge on any atom is 0.201 e. The smallest absolute Gasteiger partial charge is 0.201 e. The van der Waals surface area contributed by atoms with Gasteiger partial charge in [0, 0.05) is 5.56 Å². The Kier molecular flexibility index (Phi) is 3.42. The second-order valence-electron chi connectivity index (χ2n) is 7.26. The highest BCUT2D eigenvalue weighted by Gasteiger charge is 2.29. The molecule has 2 heterocycles. The SMILES string of the molecule is Cc1ccc2nnc(C3=NC(C)(C)Cc4cc(F)ccc43)nc2c1C. The number of aryl methyl sites for hydroxylation is 2. The van der Waals surface area contributed by atoms with Gasteiger partial charge in [-0.2, -0.15) is 0 Å². The van der Waals surface area contributed by atoms with Crippen molar-refractivity contribution >= 4 is 16.7 Å². The van der Waals surface area contributed by atoms with E-state index in [-0.39, 0.29) is 11.4 Å². The summed E-state index contributed by atoms with van der Waals surface area (Å²) in [5.41, 5.74) is 6.00. The number of nitrogens with zero attached hydrogens (tertiary/aromatic N) is 4. The first-order chi connectivity index (χ1) is 11.8. The number of aliphatic imine (C=N–C) groups is 1. The molecule has 0 atom stereocenters. The van der Waals surface area contributed by atoms with Crippen molar-refractivity contribution in [2.45, 2.75) is 39.7 Å². The molecule has 3 aromatic rings. The van der Waals surface area contributed by atoms with Gasteiger partial charge in [-0.25, -0.2) is 9.37 Å². The van der Waals surface area contributed by atoms with Gasteiger partial charge in [-0.1, -0.05) is 6.07 Å². The van der Waals surface area contributed by atoms with Crippen LogP contribution in [0.4, 0.5) is 4.39 Å². The summed E-state index contributed by atoms with van der Waals surface area (Å²) in [5, 5.41) is 8.63. The number of rotatable bonds is 1. The van der Waals surface area contributed by atoms with Crippen LogP contribution in [0, 0.1) is 19.7 Å². The molecule has 0 bridgehead atoms. The lowest BCUT2D eigenvalue weighted by molar-refractivity contribution is 0.510. The Morgan fingerprint density at radius 2 is 1.84 bits per heavy atom. The predicted octanol–water partition coefficient (Wildman–Crippen LogP) is 3.95. The lowest BCUT2D eigenvalue weighted by Crippen LogP contribution is -2.30. The largest absolute Gasteiger partial charge is 0.274 e. The Morgan fingerprint density at radius 3 is 2.64 bits per heavy atom. The molecule has 0 N–H and O–H groups in total. The van der Waals surface area contributed by atoms with Crippen LogP contribution >= 0.6 is 0 Å². The second-order valence-corrected chi connectivity index (χ2v) is 7.26. The van der Waals surface area contributed by atoms with Crippen molar-refractivity contribution in [2.75, 3.05) is 0 Å². The standard InChI is InChI=1S/C20H19FN4/c1-11-5-8-16-17(12(11)2)22-19(25-24-16)18-15-7-6-14(21)9-13(15)10-20(3,4)23-18/h5-9H,10H2,1-4H3. The summed E-state index contributed by atoms with van der Waals surface area (Å²) < 4.78 is 13.7. The van der Waals surface area contributed by atoms with Crippen LogP contribution in [0.2, 0.25) is 0 Å². The summed E-state index contributed by atoms with van der Waals surface area (Å²) in [6.07, 6.45) is 0.683. The van der Waals surface area contributed by atoms with Gasteiger partial charge in [0.05, 0.1) is 11.1 Å². The van der Waals surface area contributed by atoms with E-state index in [1.807, 2.05) is 32.9 Å². The molecule has 1 aromatic heterocycles. The number of hydrogen-bond donors (Lipinski definition) is 0. The summed E-state index contributed by atoms with van der Waals surface area (Å²) in [7, 11) is 0. The third kappa shape index (κ3) is 2.69. The number of fused-ring (bicyclic) bond motifs is 2. The lowest BCUT2D eigenvalue weighted by Gasteiger charge is -2.28. The first-order valence-electron chi connectivity index (χ1n) is 8.34. The Hall–Kier alpha value is -2.69. The minimum Gasteiger partial charge on any atom is -0.274 e. The molecule has 4 rings (SSSR count). The lowest BCUT2D eigenvalue weighted by atomic mass is 9.86. The molecule has 0 amide bonds. The summed E-state index contributed by atoms with van der Waals surface area (Å²) >= 11 is 0. The fourth-order valence-corrected chi connectivity index (χ4v) is 3.32. The highest BCUT2D eigenvalue weighted by molar-refractivity contribution is 6.12. The number of benzene rings is 2. The zero-order valence-corrected chi connectivity index (χ0v) is 14.8. The third-order valence-corrected chi connectivity index (χ3v) is 4.72. The van der Waals surface area contributed by atoms with Gasteiger partial charge in [0.1, 0.15) is 17.0 Å². The van der Waals surface area contributed by atoms with E-state index in [1.165, 1.54) is 6.07 Å². The monoisotopic (exact) mass is 334 g/mol. The Morgan fingerprint density at radius 1 is 1.04 bits per heavy atom. The molecule has 1 aliphatic rings. The summed E-state index contributed by atoms with van der Waals surface area (Å²) in [5.74, 6) is 0.252. The van der Waals surface area contributed by atoms with Gasteiger partial charge in [-0.3, -0.25) is 4.99 Å². The summed E-state index contributed by atoms with van der Waals surface area (Å²) in [6.45, 7) is 8.15. The fraction of sp³-hybridized carbons (Fsp3) is 0.300. The van der Waals surface area contributed by atoms with Gasteiger partial charge < -0.3 is 0 Å². The van der Waals surface area contributed by atoms with Gasteiger partial charge in [-0.05, 0) is 75.1 Å². The third-order valence-electron chi connectivity index (χ3n) is 4.72. The molecular formula is C20H19FN4. The van der Waals surface area contributed by atoms with Crippen LogP contribution in [0.5, 0.6) is 0 Å². The van der Waals surface area contributed by atoms with Crippen LogP contribution < -0.4 is 0 Å². The zero-order valence-electron chi connectivity index (χ0n) is 14.8. The Labute approximate surface area is 145 Å². The fourth-order valence-electron chi connectivity index (χ4n) is 3.32. The van der Waals surface area contributed by atoms with E-state index in [1.54, 1.807) is 12.1 Å². The molecule has 1 aliphatic heterocycles. The van der Waals surface area contributed by atoms with Crippen molar-refractivity contribution in [2.24, 2.45) is 4.99 Å². The highest BCUT2D eigenvalue weighted by atomic mass is 19.1. The van der Waals surface area contributed by atoms with E-state index < -0.39 is 0 Å². The molecule has 5 heteroatoms. The maximum absolute atomic E-state index is 13.7. The van der Waals surface area contributed by atoms with Crippen LogP contribution in [0.15, 0.2) is 35.3 Å². The average Bonchev–Trinajstić information content (AvgIpc) is 2.56. The predicted molar refractivity (Wildman–Crippen MR) is 96.6 cm³/mol. The van der Waals surface area contributed by atoms with Crippen LogP contribution in [0.1, 0.15) is 41.9 Å². The molecule has 0 saturated carbocycles. The van der Waals surface area contributed by atoms with Crippen LogP contribution in [-0.2, 0) is 6.42 Å². The van der Waals surface area contributed by atoms with Crippen molar-refractivity contribution in [1.82, 2.24) is 15.2 Å². The highest BCUT2D eigenvalue weighted by Crippen LogP contribution is 2.29. The molecule has 0 radical (unpaired) electrons. The van der Waals surface area contributed by atoms with Crippen molar-refractivity contribution < 1.29 is 4.39 Å². The van der Waals surface area contributed by atoms with Gasteiger partial charge in [-0.15, -0.1) is 10.2 Å². The van der Waals surface area contributed by atoms with E-state index in [9.17, 15) is 4.39 Å². The normalized spacial score (nSPS) is 15.8. The number of hydrogen-bond acceptors (Lipinski definition) is 4. The zero-order chi connectivity index (χ0) is 17.8. The Balaban J connectivity index is 1.95. The van der Waals surface area contributed by atoms with E-state index >= 15 is 0 Å². The molecule has 126 valence electrons. The molecule has 25 heavy (non-hydrogen) atoms. The van der Waals surface area contributed by atoms with E-state index in [4.69, 9.17) is 9.98 Å². The quantitative estimate of drug-likeness (QED) is 0.677. The van der Waals surface area contributed by atoms with Gasteiger partial charge in [0.2, 0.25) is 5.82 Å². The number of aromatic nitrogens is 3. The topological polar surface area (TPSA) is 51.0 Å². The van der Waals surface area contributed by atoms with E-state index in [0.29, 0.717) is 18.0 Å². The molecule has 0 unspecified atom stereocenters. The number of halogens is 1. The molecule has 2 aromatic carbocycles. The molecule has 0 spiro atoms. The summed E-state index contributed by atoms with van der Waals surface area (Å²) in [6, 6.07) is 8.74. The first kappa shape index (κ1) is 15.8. The Bertz CT molecular complexity index is 1040. The minimum absolute atomic E-state index is 0.236. The van der Waals surface area contributed by atoms with Crippen LogP contribution in [0.25, 0.3) is 11.0 Å². The van der Waals surface area contributed by atoms with Crippen LogP contribution in [-0.4, -0.2) is 26.4 Å².